The Morgan fingerprint density at radius 3 is 2.48 bits per heavy atom. The number of nitrogens with one attached hydrogen (secondary N) is 1. The summed E-state index contributed by atoms with van der Waals surface area (Å²) in [5, 5.41) is 2.93. The molecule has 156 valence electrons. The van der Waals surface area contributed by atoms with E-state index < -0.39 is 0 Å². The molecule has 2 heterocycles. The zero-order valence-electron chi connectivity index (χ0n) is 17.2. The number of aromatic nitrogens is 2. The molecule has 0 radical (unpaired) electrons. The minimum Gasteiger partial charge on any atom is -0.493 e. The molecule has 31 heavy (non-hydrogen) atoms. The van der Waals surface area contributed by atoms with Gasteiger partial charge in [-0.3, -0.25) is 9.78 Å². The summed E-state index contributed by atoms with van der Waals surface area (Å²) in [7, 11) is 1.59. The van der Waals surface area contributed by atoms with Crippen LogP contribution in [0.3, 0.4) is 0 Å². The minimum atomic E-state index is -0.0999. The number of hydrogen-bond donors (Lipinski definition) is 1. The fraction of sp³-hybridized carbons (Fsp3) is 0.120. The van der Waals surface area contributed by atoms with E-state index in [1.54, 1.807) is 37.7 Å². The summed E-state index contributed by atoms with van der Waals surface area (Å²) in [6.45, 7) is 0.356. The molecule has 0 aliphatic heterocycles. The van der Waals surface area contributed by atoms with Gasteiger partial charge in [0.25, 0.3) is 0 Å². The van der Waals surface area contributed by atoms with Gasteiger partial charge in [-0.2, -0.15) is 0 Å². The Labute approximate surface area is 181 Å². The van der Waals surface area contributed by atoms with Gasteiger partial charge in [-0.25, -0.2) is 0 Å². The van der Waals surface area contributed by atoms with E-state index in [1.807, 2.05) is 65.5 Å². The lowest BCUT2D eigenvalue weighted by molar-refractivity contribution is -0.115. The van der Waals surface area contributed by atoms with Crippen LogP contribution in [0, 0.1) is 0 Å². The predicted octanol–water partition coefficient (Wildman–Crippen LogP) is 4.64. The number of amides is 1. The van der Waals surface area contributed by atoms with Gasteiger partial charge in [0.1, 0.15) is 6.61 Å². The van der Waals surface area contributed by atoms with E-state index in [1.165, 1.54) is 0 Å². The Hall–Kier alpha value is -4.06. The number of pyridine rings is 1. The molecule has 6 nitrogen and oxygen atoms in total. The van der Waals surface area contributed by atoms with E-state index in [4.69, 9.17) is 9.47 Å². The van der Waals surface area contributed by atoms with Crippen molar-refractivity contribution in [2.75, 3.05) is 12.4 Å². The molecular weight excluding hydrogens is 390 g/mol. The normalized spacial score (nSPS) is 10.5. The minimum absolute atomic E-state index is 0.0999. The molecule has 0 aliphatic rings. The first-order valence-electron chi connectivity index (χ1n) is 9.93. The van der Waals surface area contributed by atoms with Crippen LogP contribution < -0.4 is 14.8 Å². The molecule has 4 rings (SSSR count). The van der Waals surface area contributed by atoms with Crippen molar-refractivity contribution in [3.05, 3.63) is 103 Å². The van der Waals surface area contributed by atoms with Crippen molar-refractivity contribution in [1.29, 1.82) is 0 Å². The van der Waals surface area contributed by atoms with Crippen molar-refractivity contribution < 1.29 is 14.3 Å². The number of carbonyl (C=O) groups is 1. The molecule has 0 saturated heterocycles. The van der Waals surface area contributed by atoms with Gasteiger partial charge in [0.15, 0.2) is 11.5 Å². The second-order valence-electron chi connectivity index (χ2n) is 7.00. The number of nitrogens with zero attached hydrogens (tertiary/aromatic N) is 2. The number of methoxy groups -OCH3 is 1. The smallest absolute Gasteiger partial charge is 0.228 e. The van der Waals surface area contributed by atoms with Crippen LogP contribution in [-0.2, 0) is 17.8 Å². The second kappa shape index (κ2) is 9.63. The topological polar surface area (TPSA) is 65.4 Å². The van der Waals surface area contributed by atoms with Crippen LogP contribution in [0.15, 0.2) is 91.5 Å². The standard InChI is InChI=1S/C25H23N3O3/c1-30-23-11-8-21(16-24(23)31-18-20-5-4-12-26-17-20)27-25(29)15-19-6-9-22(10-7-19)28-13-2-3-14-28/h2-14,16-17H,15,18H2,1H3,(H,27,29). The molecular formula is C25H23N3O3. The Morgan fingerprint density at radius 2 is 1.77 bits per heavy atom. The highest BCUT2D eigenvalue weighted by Crippen LogP contribution is 2.31. The molecule has 4 aromatic rings. The summed E-state index contributed by atoms with van der Waals surface area (Å²) in [5.74, 6) is 1.06. The highest BCUT2D eigenvalue weighted by Gasteiger charge is 2.10. The van der Waals surface area contributed by atoms with Crippen LogP contribution in [0.2, 0.25) is 0 Å². The zero-order chi connectivity index (χ0) is 21.5. The van der Waals surface area contributed by atoms with Gasteiger partial charge in [0.05, 0.1) is 13.5 Å². The molecule has 0 fully saturated rings. The van der Waals surface area contributed by atoms with Crippen molar-refractivity contribution in [3.8, 4) is 17.2 Å². The first kappa shape index (κ1) is 20.2. The maximum atomic E-state index is 12.5. The van der Waals surface area contributed by atoms with E-state index in [2.05, 4.69) is 10.3 Å². The zero-order valence-corrected chi connectivity index (χ0v) is 17.2. The lowest BCUT2D eigenvalue weighted by Crippen LogP contribution is -2.14. The highest BCUT2D eigenvalue weighted by molar-refractivity contribution is 5.92. The van der Waals surface area contributed by atoms with E-state index in [0.29, 0.717) is 23.8 Å². The van der Waals surface area contributed by atoms with E-state index in [-0.39, 0.29) is 12.3 Å². The SMILES string of the molecule is COc1ccc(NC(=O)Cc2ccc(-n3cccc3)cc2)cc1OCc1cccnc1. The lowest BCUT2D eigenvalue weighted by atomic mass is 10.1. The maximum Gasteiger partial charge on any atom is 0.228 e. The second-order valence-corrected chi connectivity index (χ2v) is 7.00. The number of ether oxygens (including phenoxy) is 2. The van der Waals surface area contributed by atoms with Crippen molar-refractivity contribution in [2.24, 2.45) is 0 Å². The summed E-state index contributed by atoms with van der Waals surface area (Å²) >= 11 is 0. The Kier molecular flexibility index (Phi) is 6.28. The Bertz CT molecular complexity index is 1120. The van der Waals surface area contributed by atoms with Crippen molar-refractivity contribution in [1.82, 2.24) is 9.55 Å². The monoisotopic (exact) mass is 413 g/mol. The Balaban J connectivity index is 1.39. The molecule has 2 aromatic heterocycles. The molecule has 6 heteroatoms. The van der Waals surface area contributed by atoms with Crippen LogP contribution in [-0.4, -0.2) is 22.6 Å². The summed E-state index contributed by atoms with van der Waals surface area (Å²) in [6.07, 6.45) is 7.72. The van der Waals surface area contributed by atoms with Crippen molar-refractivity contribution in [3.63, 3.8) is 0 Å². The van der Waals surface area contributed by atoms with E-state index >= 15 is 0 Å². The van der Waals surface area contributed by atoms with Crippen LogP contribution >= 0.6 is 0 Å². The number of carbonyl (C=O) groups excluding carboxylic acids is 1. The Morgan fingerprint density at radius 1 is 0.968 bits per heavy atom. The van der Waals surface area contributed by atoms with Gasteiger partial charge in [0, 0.05) is 47.8 Å². The van der Waals surface area contributed by atoms with E-state index in [9.17, 15) is 4.79 Å². The molecule has 0 atom stereocenters. The summed E-state index contributed by atoms with van der Waals surface area (Å²) < 4.78 is 13.3. The summed E-state index contributed by atoms with van der Waals surface area (Å²) in [6, 6.07) is 21.0. The molecule has 0 bridgehead atoms. The number of hydrogen-bond acceptors (Lipinski definition) is 4. The molecule has 0 unspecified atom stereocenters. The van der Waals surface area contributed by atoms with Gasteiger partial charge in [-0.1, -0.05) is 18.2 Å². The summed E-state index contributed by atoms with van der Waals surface area (Å²) in [4.78, 5) is 16.6. The predicted molar refractivity (Wildman–Crippen MR) is 120 cm³/mol. The van der Waals surface area contributed by atoms with Crippen LogP contribution in [0.4, 0.5) is 5.69 Å². The third-order valence-electron chi connectivity index (χ3n) is 4.77. The molecule has 2 aromatic carbocycles. The molecule has 1 amide bonds. The van der Waals surface area contributed by atoms with Crippen LogP contribution in [0.25, 0.3) is 5.69 Å². The molecule has 0 saturated carbocycles. The van der Waals surface area contributed by atoms with Crippen LogP contribution in [0.1, 0.15) is 11.1 Å². The third kappa shape index (κ3) is 5.30. The average Bonchev–Trinajstić information content (AvgIpc) is 3.34. The number of benzene rings is 2. The van der Waals surface area contributed by atoms with Gasteiger partial charge >= 0.3 is 0 Å². The highest BCUT2D eigenvalue weighted by atomic mass is 16.5. The fourth-order valence-electron chi connectivity index (χ4n) is 3.20. The fourth-order valence-corrected chi connectivity index (χ4v) is 3.20. The van der Waals surface area contributed by atoms with Crippen molar-refractivity contribution in [2.45, 2.75) is 13.0 Å². The first-order chi connectivity index (χ1) is 15.2. The van der Waals surface area contributed by atoms with Crippen molar-refractivity contribution >= 4 is 11.6 Å². The number of anilines is 1. The van der Waals surface area contributed by atoms with Gasteiger partial charge in [-0.15, -0.1) is 0 Å². The summed E-state index contributed by atoms with van der Waals surface area (Å²) in [5.41, 5.74) is 3.59. The number of rotatable bonds is 8. The lowest BCUT2D eigenvalue weighted by Gasteiger charge is -2.13. The van der Waals surface area contributed by atoms with Gasteiger partial charge in [0.2, 0.25) is 5.91 Å². The molecule has 0 spiro atoms. The average molecular weight is 413 g/mol. The van der Waals surface area contributed by atoms with Crippen LogP contribution in [0.5, 0.6) is 11.5 Å². The molecule has 0 aliphatic carbocycles. The quantitative estimate of drug-likeness (QED) is 0.457. The van der Waals surface area contributed by atoms with Gasteiger partial charge < -0.3 is 19.4 Å². The maximum absolute atomic E-state index is 12.5. The molecule has 1 N–H and O–H groups in total. The van der Waals surface area contributed by atoms with Gasteiger partial charge in [-0.05, 0) is 48.0 Å². The third-order valence-corrected chi connectivity index (χ3v) is 4.77. The largest absolute Gasteiger partial charge is 0.493 e. The van der Waals surface area contributed by atoms with E-state index in [0.717, 1.165) is 16.8 Å². The first-order valence-corrected chi connectivity index (χ1v) is 9.93.